The van der Waals surface area contributed by atoms with Gasteiger partial charge in [-0.25, -0.2) is 0 Å². The van der Waals surface area contributed by atoms with Gasteiger partial charge in [-0.3, -0.25) is 29.0 Å². The Kier molecular flexibility index (Phi) is 11.5. The number of carbonyl (C=O) groups is 4. The monoisotopic (exact) mass is 591 g/mol. The molecule has 42 heavy (non-hydrogen) atoms. The maximum Gasteiger partial charge on any atom is 0.143 e. The number of likely N-dealkylation sites (tertiary alicyclic amines) is 2. The number of Topliss-reactive ketones (excluding diaryl/α,β-unsaturated/α-hetero) is 4. The molecule has 0 radical (unpaired) electrons. The molecule has 0 unspecified atom stereocenters. The molecular weight excluding hydrogens is 524 g/mol. The van der Waals surface area contributed by atoms with Crippen molar-refractivity contribution in [2.45, 2.75) is 136 Å². The van der Waals surface area contributed by atoms with E-state index in [1.807, 2.05) is 83.1 Å². The Morgan fingerprint density at radius 2 is 0.500 bits per heavy atom. The Morgan fingerprint density at radius 3 is 0.595 bits per heavy atom. The molecule has 0 aliphatic carbocycles. The van der Waals surface area contributed by atoms with Crippen molar-refractivity contribution in [1.82, 2.24) is 9.80 Å². The largest absolute Gasteiger partial charge is 0.299 e. The minimum absolute atomic E-state index is 0.0106. The molecule has 0 aromatic rings. The molecule has 2 fully saturated rings. The van der Waals surface area contributed by atoms with Crippen LogP contribution in [0.15, 0.2) is 0 Å². The fourth-order valence-electron chi connectivity index (χ4n) is 5.99. The van der Waals surface area contributed by atoms with Gasteiger partial charge in [0, 0.05) is 82.6 Å². The number of hydrogen-bond donors (Lipinski definition) is 0. The predicted molar refractivity (Wildman–Crippen MR) is 174 cm³/mol. The lowest BCUT2D eigenvalue weighted by Crippen LogP contribution is -2.40. The lowest BCUT2D eigenvalue weighted by Gasteiger charge is -2.32. The van der Waals surface area contributed by atoms with E-state index in [0.29, 0.717) is 26.2 Å². The molecule has 2 heterocycles. The third-order valence-corrected chi connectivity index (χ3v) is 8.84. The van der Waals surface area contributed by atoms with E-state index < -0.39 is 21.7 Å². The van der Waals surface area contributed by atoms with E-state index in [4.69, 9.17) is 0 Å². The molecule has 0 N–H and O–H groups in total. The number of ketones is 4. The highest BCUT2D eigenvalue weighted by molar-refractivity contribution is 5.96. The van der Waals surface area contributed by atoms with Crippen LogP contribution in [0.1, 0.15) is 125 Å². The number of hydrogen-bond acceptors (Lipinski definition) is 6. The van der Waals surface area contributed by atoms with Crippen molar-refractivity contribution < 1.29 is 19.2 Å². The van der Waals surface area contributed by atoms with E-state index in [9.17, 15) is 19.2 Å². The van der Waals surface area contributed by atoms with Crippen LogP contribution in [-0.2, 0) is 19.2 Å². The van der Waals surface area contributed by atoms with Crippen LogP contribution in [0.25, 0.3) is 0 Å². The first-order chi connectivity index (χ1) is 18.3. The summed E-state index contributed by atoms with van der Waals surface area (Å²) in [5.41, 5.74) is -1.60. The van der Waals surface area contributed by atoms with Gasteiger partial charge in [-0.15, -0.1) is 0 Å². The lowest BCUT2D eigenvalue weighted by atomic mass is 9.73. The van der Waals surface area contributed by atoms with E-state index in [-0.39, 0.29) is 57.9 Å². The summed E-state index contributed by atoms with van der Waals surface area (Å²) in [5, 5.41) is 0. The number of carbonyl (C=O) groups excluding carboxylic acids is 4. The highest BCUT2D eigenvalue weighted by atomic mass is 16.1. The molecule has 244 valence electrons. The van der Waals surface area contributed by atoms with Crippen LogP contribution in [-0.4, -0.2) is 70.2 Å². The Bertz CT molecular complexity index is 850. The van der Waals surface area contributed by atoms with Gasteiger partial charge in [0.15, 0.2) is 0 Å². The van der Waals surface area contributed by atoms with Crippen LogP contribution >= 0.6 is 0 Å². The predicted octanol–water partition coefficient (Wildman–Crippen LogP) is 7.13. The van der Waals surface area contributed by atoms with Crippen LogP contribution in [0.4, 0.5) is 0 Å². The summed E-state index contributed by atoms with van der Waals surface area (Å²) in [4.78, 5) is 55.8. The van der Waals surface area contributed by atoms with Gasteiger partial charge in [0.1, 0.15) is 23.1 Å². The van der Waals surface area contributed by atoms with Crippen molar-refractivity contribution >= 4 is 23.1 Å². The normalized spacial score (nSPS) is 25.2. The average molecular weight is 591 g/mol. The Hall–Kier alpha value is -1.40. The second-order valence-electron chi connectivity index (χ2n) is 19.0. The van der Waals surface area contributed by atoms with Crippen LogP contribution in [0.5, 0.6) is 0 Å². The van der Waals surface area contributed by atoms with Crippen LogP contribution in [0.3, 0.4) is 0 Å². The van der Waals surface area contributed by atoms with Crippen molar-refractivity contribution in [2.24, 2.45) is 45.3 Å². The molecule has 0 amide bonds. The van der Waals surface area contributed by atoms with Gasteiger partial charge < -0.3 is 0 Å². The smallest absolute Gasteiger partial charge is 0.143 e. The molecule has 2 aliphatic heterocycles. The fraction of sp³-hybridized carbons (Fsp3) is 0.889. The summed E-state index contributed by atoms with van der Waals surface area (Å²) in [7, 11) is 0. The summed E-state index contributed by atoms with van der Waals surface area (Å²) < 4.78 is 0. The Morgan fingerprint density at radius 1 is 0.357 bits per heavy atom. The minimum atomic E-state index is -0.394. The van der Waals surface area contributed by atoms with Crippen molar-refractivity contribution in [2.75, 3.05) is 26.2 Å². The Balaban J connectivity index is 0.000000420. The fourth-order valence-corrected chi connectivity index (χ4v) is 5.99. The quantitative estimate of drug-likeness (QED) is 0.347. The summed E-state index contributed by atoms with van der Waals surface area (Å²) in [6.45, 7) is 39.1. The molecule has 0 spiro atoms. The first-order valence-electron chi connectivity index (χ1n) is 16.0. The third-order valence-electron chi connectivity index (χ3n) is 8.84. The summed E-state index contributed by atoms with van der Waals surface area (Å²) in [5.74, 6) is 0.196. The molecule has 2 aliphatic rings. The molecular formula is C36H66N2O4. The standard InChI is InChI=1S/2C18H33NO2/c2*1-16(2,3)14(20)12-10-19(18(7,8)9)11-13(12)15(21)17(4,5)6/h2*12-13H,10-11H2,1-9H3/t2*12-,13-/m10/s1. The van der Waals surface area contributed by atoms with Crippen molar-refractivity contribution in [1.29, 1.82) is 0 Å². The molecule has 2 saturated heterocycles. The lowest BCUT2D eigenvalue weighted by molar-refractivity contribution is -0.138. The maximum absolute atomic E-state index is 12.8. The van der Waals surface area contributed by atoms with Crippen molar-refractivity contribution in [3.8, 4) is 0 Å². The van der Waals surface area contributed by atoms with Crippen LogP contribution in [0.2, 0.25) is 0 Å². The van der Waals surface area contributed by atoms with Gasteiger partial charge in [0.05, 0.1) is 0 Å². The van der Waals surface area contributed by atoms with Gasteiger partial charge >= 0.3 is 0 Å². The van der Waals surface area contributed by atoms with E-state index in [1.165, 1.54) is 0 Å². The summed E-state index contributed by atoms with van der Waals surface area (Å²) >= 11 is 0. The maximum atomic E-state index is 12.8. The molecule has 6 nitrogen and oxygen atoms in total. The van der Waals surface area contributed by atoms with Gasteiger partial charge in [-0.1, -0.05) is 83.1 Å². The molecule has 2 rings (SSSR count). The van der Waals surface area contributed by atoms with Crippen LogP contribution in [0, 0.1) is 45.3 Å². The van der Waals surface area contributed by atoms with Gasteiger partial charge in [-0.05, 0) is 41.5 Å². The zero-order valence-corrected chi connectivity index (χ0v) is 30.7. The summed E-state index contributed by atoms with van der Waals surface area (Å²) in [6, 6.07) is 0. The second kappa shape index (κ2) is 12.5. The SMILES string of the molecule is CC(C)(C)C(=O)[C@@H]1CN(C(C)(C)C)C[C@H]1C(=O)C(C)(C)C.CC(C)(C)C(=O)[C@H]1CN(C(C)(C)C)C[C@@H]1C(=O)C(C)(C)C. The van der Waals surface area contributed by atoms with E-state index >= 15 is 0 Å². The molecule has 0 aromatic heterocycles. The second-order valence-corrected chi connectivity index (χ2v) is 19.0. The molecule has 4 atom stereocenters. The zero-order chi connectivity index (χ0) is 33.6. The van der Waals surface area contributed by atoms with Gasteiger partial charge in [-0.2, -0.15) is 0 Å². The van der Waals surface area contributed by atoms with E-state index in [0.717, 1.165) is 0 Å². The number of rotatable bonds is 4. The van der Waals surface area contributed by atoms with Crippen molar-refractivity contribution in [3.05, 3.63) is 0 Å². The van der Waals surface area contributed by atoms with Gasteiger partial charge in [0.2, 0.25) is 0 Å². The topological polar surface area (TPSA) is 74.8 Å². The van der Waals surface area contributed by atoms with E-state index in [2.05, 4.69) is 51.3 Å². The first kappa shape index (κ1) is 38.6. The first-order valence-corrected chi connectivity index (χ1v) is 16.0. The molecule has 0 aromatic carbocycles. The Labute approximate surface area is 259 Å². The van der Waals surface area contributed by atoms with Crippen molar-refractivity contribution in [3.63, 3.8) is 0 Å². The van der Waals surface area contributed by atoms with E-state index in [1.54, 1.807) is 0 Å². The highest BCUT2D eigenvalue weighted by Crippen LogP contribution is 2.39. The molecule has 0 bridgehead atoms. The summed E-state index contributed by atoms with van der Waals surface area (Å²) in [6.07, 6.45) is 0. The zero-order valence-electron chi connectivity index (χ0n) is 30.7. The molecule has 6 heteroatoms. The van der Waals surface area contributed by atoms with Gasteiger partial charge in [0.25, 0.3) is 0 Å². The molecule has 0 saturated carbocycles. The minimum Gasteiger partial charge on any atom is -0.299 e. The third kappa shape index (κ3) is 9.81. The number of nitrogens with zero attached hydrogens (tertiary/aromatic N) is 2. The van der Waals surface area contributed by atoms with Crippen LogP contribution < -0.4 is 0 Å². The highest BCUT2D eigenvalue weighted by Gasteiger charge is 2.50. The average Bonchev–Trinajstić information content (AvgIpc) is 3.39.